The van der Waals surface area contributed by atoms with Gasteiger partial charge >= 0.3 is 0 Å². The molecule has 0 aliphatic rings. The number of carbonyl (C=O) groups is 1. The van der Waals surface area contributed by atoms with Crippen molar-refractivity contribution in [1.82, 2.24) is 0 Å². The number of aldehydes is 1. The van der Waals surface area contributed by atoms with Crippen LogP contribution < -0.4 is 4.72 Å². The van der Waals surface area contributed by atoms with Crippen LogP contribution in [0.3, 0.4) is 0 Å². The molecule has 1 rings (SSSR count). The van der Waals surface area contributed by atoms with Crippen LogP contribution in [-0.2, 0) is 10.0 Å². The van der Waals surface area contributed by atoms with Crippen molar-refractivity contribution < 1.29 is 17.6 Å². The molecule has 1 aromatic carbocycles. The number of hydrogen-bond donors (Lipinski definition) is 1. The summed E-state index contributed by atoms with van der Waals surface area (Å²) in [6.07, 6.45) is 0.775. The maximum atomic E-state index is 13.5. The molecule has 0 saturated carbocycles. The second kappa shape index (κ2) is 5.07. The SMILES string of the molecule is CCCS(=O)(=O)Nc1cccc(C=O)c1F. The van der Waals surface area contributed by atoms with Crippen LogP contribution in [0, 0.1) is 5.82 Å². The van der Waals surface area contributed by atoms with Crippen LogP contribution >= 0.6 is 0 Å². The highest BCUT2D eigenvalue weighted by Crippen LogP contribution is 2.18. The minimum absolute atomic E-state index is 0.0856. The maximum absolute atomic E-state index is 13.5. The molecule has 4 nitrogen and oxygen atoms in total. The van der Waals surface area contributed by atoms with Crippen LogP contribution in [0.5, 0.6) is 0 Å². The van der Waals surface area contributed by atoms with Crippen molar-refractivity contribution in [2.45, 2.75) is 13.3 Å². The first-order valence-corrected chi connectivity index (χ1v) is 6.39. The Morgan fingerprint density at radius 1 is 1.44 bits per heavy atom. The molecular formula is C10H12FNO3S. The molecule has 0 aliphatic heterocycles. The fourth-order valence-electron chi connectivity index (χ4n) is 1.21. The summed E-state index contributed by atoms with van der Waals surface area (Å²) in [6.45, 7) is 1.71. The molecule has 0 aromatic heterocycles. The number of benzene rings is 1. The quantitative estimate of drug-likeness (QED) is 0.804. The molecule has 0 aliphatic carbocycles. The molecule has 88 valence electrons. The van der Waals surface area contributed by atoms with Gasteiger partial charge in [0.25, 0.3) is 0 Å². The van der Waals surface area contributed by atoms with Gasteiger partial charge in [0.05, 0.1) is 17.0 Å². The molecule has 0 saturated heterocycles. The highest BCUT2D eigenvalue weighted by atomic mass is 32.2. The zero-order chi connectivity index (χ0) is 12.2. The molecule has 0 amide bonds. The number of rotatable bonds is 5. The number of anilines is 1. The summed E-state index contributed by atoms with van der Waals surface area (Å²) in [7, 11) is -3.54. The average Bonchev–Trinajstić information content (AvgIpc) is 2.21. The van der Waals surface area contributed by atoms with Crippen molar-refractivity contribution in [2.75, 3.05) is 10.5 Å². The Kier molecular flexibility index (Phi) is 4.00. The topological polar surface area (TPSA) is 63.2 Å². The molecule has 0 spiro atoms. The van der Waals surface area contributed by atoms with Crippen LogP contribution in [0.15, 0.2) is 18.2 Å². The van der Waals surface area contributed by atoms with Crippen LogP contribution in [0.4, 0.5) is 10.1 Å². The predicted octanol–water partition coefficient (Wildman–Crippen LogP) is 1.79. The second-order valence-electron chi connectivity index (χ2n) is 3.25. The van der Waals surface area contributed by atoms with Gasteiger partial charge in [0.2, 0.25) is 10.0 Å². The Hall–Kier alpha value is -1.43. The molecule has 0 heterocycles. The largest absolute Gasteiger partial charge is 0.298 e. The van der Waals surface area contributed by atoms with E-state index in [1.807, 2.05) is 0 Å². The summed E-state index contributed by atoms with van der Waals surface area (Å²) in [5.41, 5.74) is -0.366. The Morgan fingerprint density at radius 3 is 2.69 bits per heavy atom. The zero-order valence-electron chi connectivity index (χ0n) is 8.73. The summed E-state index contributed by atoms with van der Waals surface area (Å²) in [6, 6.07) is 3.96. The monoisotopic (exact) mass is 245 g/mol. The van der Waals surface area contributed by atoms with Crippen LogP contribution in [-0.4, -0.2) is 20.5 Å². The lowest BCUT2D eigenvalue weighted by atomic mass is 10.2. The molecule has 1 N–H and O–H groups in total. The highest BCUT2D eigenvalue weighted by Gasteiger charge is 2.13. The zero-order valence-corrected chi connectivity index (χ0v) is 9.55. The normalized spacial score (nSPS) is 11.1. The van der Waals surface area contributed by atoms with E-state index >= 15 is 0 Å². The minimum Gasteiger partial charge on any atom is -0.298 e. The number of nitrogens with one attached hydrogen (secondary N) is 1. The lowest BCUT2D eigenvalue weighted by molar-refractivity contribution is 0.112. The van der Waals surface area contributed by atoms with Gasteiger partial charge in [-0.25, -0.2) is 12.8 Å². The lowest BCUT2D eigenvalue weighted by Gasteiger charge is -2.08. The number of carbonyl (C=O) groups excluding carboxylic acids is 1. The first kappa shape index (κ1) is 12.6. The van der Waals surface area contributed by atoms with E-state index in [1.54, 1.807) is 6.92 Å². The van der Waals surface area contributed by atoms with Gasteiger partial charge in [-0.3, -0.25) is 9.52 Å². The summed E-state index contributed by atoms with van der Waals surface area (Å²) < 4.78 is 38.4. The van der Waals surface area contributed by atoms with Gasteiger partial charge in [0, 0.05) is 0 Å². The summed E-state index contributed by atoms with van der Waals surface area (Å²) in [5, 5.41) is 0. The molecule has 0 bridgehead atoms. The van der Waals surface area contributed by atoms with Crippen molar-refractivity contribution in [3.63, 3.8) is 0 Å². The first-order valence-electron chi connectivity index (χ1n) is 4.74. The van der Waals surface area contributed by atoms with E-state index in [-0.39, 0.29) is 17.0 Å². The fraction of sp³-hybridized carbons (Fsp3) is 0.300. The standard InChI is InChI=1S/C10H12FNO3S/c1-2-6-16(14,15)12-9-5-3-4-8(7-13)10(9)11/h3-5,7,12H,2,6H2,1H3. The molecule has 0 fully saturated rings. The van der Waals surface area contributed by atoms with Gasteiger partial charge < -0.3 is 0 Å². The Balaban J connectivity index is 3.03. The van der Waals surface area contributed by atoms with Crippen LogP contribution in [0.1, 0.15) is 23.7 Å². The number of sulfonamides is 1. The third-order valence-corrected chi connectivity index (χ3v) is 3.37. The minimum atomic E-state index is -3.54. The summed E-state index contributed by atoms with van der Waals surface area (Å²) in [4.78, 5) is 10.5. The summed E-state index contributed by atoms with van der Waals surface area (Å²) >= 11 is 0. The molecule has 1 aromatic rings. The Labute approximate surface area is 93.5 Å². The molecule has 16 heavy (non-hydrogen) atoms. The van der Waals surface area contributed by atoms with Crippen molar-refractivity contribution in [1.29, 1.82) is 0 Å². The van der Waals surface area contributed by atoms with E-state index in [4.69, 9.17) is 0 Å². The fourth-order valence-corrected chi connectivity index (χ4v) is 2.34. The Morgan fingerprint density at radius 2 is 2.12 bits per heavy atom. The molecule has 6 heteroatoms. The van der Waals surface area contributed by atoms with E-state index in [0.717, 1.165) is 0 Å². The third-order valence-electron chi connectivity index (χ3n) is 1.89. The lowest BCUT2D eigenvalue weighted by Crippen LogP contribution is -2.17. The molecule has 0 unspecified atom stereocenters. The predicted molar refractivity (Wildman–Crippen MR) is 59.5 cm³/mol. The smallest absolute Gasteiger partial charge is 0.232 e. The number of hydrogen-bond acceptors (Lipinski definition) is 3. The van der Waals surface area contributed by atoms with Crippen LogP contribution in [0.25, 0.3) is 0 Å². The van der Waals surface area contributed by atoms with Crippen molar-refractivity contribution >= 4 is 22.0 Å². The van der Waals surface area contributed by atoms with Gasteiger partial charge in [0.1, 0.15) is 0 Å². The van der Waals surface area contributed by atoms with Crippen molar-refractivity contribution in [3.05, 3.63) is 29.6 Å². The van der Waals surface area contributed by atoms with Gasteiger partial charge in [-0.2, -0.15) is 0 Å². The first-order chi connectivity index (χ1) is 7.50. The van der Waals surface area contributed by atoms with Crippen molar-refractivity contribution in [2.24, 2.45) is 0 Å². The van der Waals surface area contributed by atoms with E-state index < -0.39 is 15.8 Å². The van der Waals surface area contributed by atoms with Gasteiger partial charge in [-0.1, -0.05) is 13.0 Å². The molecule has 0 atom stereocenters. The average molecular weight is 245 g/mol. The van der Waals surface area contributed by atoms with Crippen molar-refractivity contribution in [3.8, 4) is 0 Å². The van der Waals surface area contributed by atoms with Gasteiger partial charge in [-0.05, 0) is 18.6 Å². The van der Waals surface area contributed by atoms with E-state index in [0.29, 0.717) is 12.7 Å². The van der Waals surface area contributed by atoms with Crippen LogP contribution in [0.2, 0.25) is 0 Å². The molecule has 0 radical (unpaired) electrons. The van der Waals surface area contributed by atoms with Gasteiger partial charge in [0.15, 0.2) is 12.1 Å². The summed E-state index contributed by atoms with van der Waals surface area (Å²) in [5.74, 6) is -0.935. The van der Waals surface area contributed by atoms with E-state index in [2.05, 4.69) is 4.72 Å². The number of halogens is 1. The Bertz CT molecular complexity index is 485. The third kappa shape index (κ3) is 3.03. The van der Waals surface area contributed by atoms with E-state index in [9.17, 15) is 17.6 Å². The highest BCUT2D eigenvalue weighted by molar-refractivity contribution is 7.92. The van der Waals surface area contributed by atoms with E-state index in [1.165, 1.54) is 18.2 Å². The molecular weight excluding hydrogens is 233 g/mol. The van der Waals surface area contributed by atoms with Gasteiger partial charge in [-0.15, -0.1) is 0 Å². The second-order valence-corrected chi connectivity index (χ2v) is 5.09. The maximum Gasteiger partial charge on any atom is 0.232 e.